The van der Waals surface area contributed by atoms with E-state index in [0.717, 1.165) is 0 Å². The van der Waals surface area contributed by atoms with Gasteiger partial charge in [-0.15, -0.1) is 0 Å². The van der Waals surface area contributed by atoms with Gasteiger partial charge in [0.25, 0.3) is 0 Å². The zero-order chi connectivity index (χ0) is 14.9. The third-order valence-electron chi connectivity index (χ3n) is 2.32. The molecule has 1 N–H and O–H groups in total. The van der Waals surface area contributed by atoms with E-state index in [0.29, 0.717) is 0 Å². The quantitative estimate of drug-likeness (QED) is 0.366. The number of aliphatic hydroxyl groups is 1. The SMILES string of the molecule is CCOC(=O)CCC[C@@](O)(C[N+](=O)[O-])C(=O)OCC. The lowest BCUT2D eigenvalue weighted by atomic mass is 9.97. The molecule has 0 heterocycles. The van der Waals surface area contributed by atoms with Crippen molar-refractivity contribution in [2.24, 2.45) is 0 Å². The molecule has 0 saturated heterocycles. The van der Waals surface area contributed by atoms with Gasteiger partial charge in [-0.05, 0) is 26.7 Å². The number of ether oxygens (including phenoxy) is 2. The van der Waals surface area contributed by atoms with E-state index in [1.54, 1.807) is 6.92 Å². The number of nitro groups is 1. The van der Waals surface area contributed by atoms with Gasteiger partial charge >= 0.3 is 11.9 Å². The normalized spacial score (nSPS) is 13.4. The Bertz CT molecular complexity index is 331. The highest BCUT2D eigenvalue weighted by molar-refractivity contribution is 5.79. The minimum atomic E-state index is -2.20. The highest BCUT2D eigenvalue weighted by Gasteiger charge is 2.42. The second kappa shape index (κ2) is 8.41. The van der Waals surface area contributed by atoms with Crippen molar-refractivity contribution in [1.82, 2.24) is 0 Å². The molecule has 0 unspecified atom stereocenters. The van der Waals surface area contributed by atoms with Crippen LogP contribution in [0.3, 0.4) is 0 Å². The molecule has 0 bridgehead atoms. The molecule has 0 aliphatic heterocycles. The smallest absolute Gasteiger partial charge is 0.345 e. The van der Waals surface area contributed by atoms with Gasteiger partial charge in [0.05, 0.1) is 13.2 Å². The molecule has 0 radical (unpaired) electrons. The molecular weight excluding hydrogens is 258 g/mol. The van der Waals surface area contributed by atoms with Crippen LogP contribution in [0.4, 0.5) is 0 Å². The molecule has 8 nitrogen and oxygen atoms in total. The average Bonchev–Trinajstić information content (AvgIpc) is 2.28. The number of rotatable bonds is 9. The number of esters is 2. The van der Waals surface area contributed by atoms with Crippen LogP contribution >= 0.6 is 0 Å². The van der Waals surface area contributed by atoms with Crippen LogP contribution in [0.1, 0.15) is 33.1 Å². The van der Waals surface area contributed by atoms with E-state index < -0.39 is 29.0 Å². The van der Waals surface area contributed by atoms with Gasteiger partial charge in [-0.1, -0.05) is 0 Å². The Morgan fingerprint density at radius 1 is 1.26 bits per heavy atom. The summed E-state index contributed by atoms with van der Waals surface area (Å²) in [5, 5.41) is 20.4. The predicted molar refractivity (Wildman–Crippen MR) is 63.9 cm³/mol. The summed E-state index contributed by atoms with van der Waals surface area (Å²) in [7, 11) is 0. The lowest BCUT2D eigenvalue weighted by Gasteiger charge is -2.21. The van der Waals surface area contributed by atoms with Gasteiger partial charge in [-0.3, -0.25) is 14.9 Å². The Labute approximate surface area is 110 Å². The van der Waals surface area contributed by atoms with Gasteiger partial charge in [0.2, 0.25) is 12.1 Å². The van der Waals surface area contributed by atoms with E-state index in [9.17, 15) is 24.8 Å². The average molecular weight is 277 g/mol. The number of hydrogen-bond donors (Lipinski definition) is 1. The van der Waals surface area contributed by atoms with Crippen molar-refractivity contribution in [3.8, 4) is 0 Å². The molecule has 0 amide bonds. The summed E-state index contributed by atoms with van der Waals surface area (Å²) < 4.78 is 9.28. The fourth-order valence-corrected chi connectivity index (χ4v) is 1.48. The van der Waals surface area contributed by atoms with Crippen LogP contribution in [0.25, 0.3) is 0 Å². The second-order valence-electron chi connectivity index (χ2n) is 3.90. The first-order valence-electron chi connectivity index (χ1n) is 6.02. The van der Waals surface area contributed by atoms with Crippen molar-refractivity contribution in [2.45, 2.75) is 38.7 Å². The molecule has 0 saturated carbocycles. The topological polar surface area (TPSA) is 116 Å². The van der Waals surface area contributed by atoms with Gasteiger partial charge in [0.1, 0.15) is 0 Å². The van der Waals surface area contributed by atoms with Crippen molar-refractivity contribution in [1.29, 1.82) is 0 Å². The first kappa shape index (κ1) is 17.3. The van der Waals surface area contributed by atoms with E-state index in [2.05, 4.69) is 9.47 Å². The van der Waals surface area contributed by atoms with E-state index in [-0.39, 0.29) is 32.5 Å². The van der Waals surface area contributed by atoms with Gasteiger partial charge in [0, 0.05) is 11.3 Å². The molecule has 0 fully saturated rings. The summed E-state index contributed by atoms with van der Waals surface area (Å²) in [5.41, 5.74) is -2.20. The largest absolute Gasteiger partial charge is 0.466 e. The van der Waals surface area contributed by atoms with Crippen molar-refractivity contribution >= 4 is 11.9 Å². The van der Waals surface area contributed by atoms with Crippen molar-refractivity contribution in [2.75, 3.05) is 19.8 Å². The molecule has 0 aromatic heterocycles. The minimum Gasteiger partial charge on any atom is -0.466 e. The molecular formula is C11H19NO7. The molecule has 0 aromatic carbocycles. The maximum Gasteiger partial charge on any atom is 0.345 e. The highest BCUT2D eigenvalue weighted by atomic mass is 16.6. The summed E-state index contributed by atoms with van der Waals surface area (Å²) in [5.74, 6) is -1.52. The molecule has 8 heteroatoms. The zero-order valence-electron chi connectivity index (χ0n) is 11.1. The van der Waals surface area contributed by atoms with Gasteiger partial charge in [-0.25, -0.2) is 4.79 Å². The third kappa shape index (κ3) is 6.70. The molecule has 110 valence electrons. The second-order valence-corrected chi connectivity index (χ2v) is 3.90. The lowest BCUT2D eigenvalue weighted by Crippen LogP contribution is -2.46. The summed E-state index contributed by atoms with van der Waals surface area (Å²) in [6, 6.07) is 0. The maximum atomic E-state index is 11.5. The lowest BCUT2D eigenvalue weighted by molar-refractivity contribution is -0.497. The van der Waals surface area contributed by atoms with Crippen LogP contribution < -0.4 is 0 Å². The van der Waals surface area contributed by atoms with Crippen molar-refractivity contribution in [3.05, 3.63) is 10.1 Å². The summed E-state index contributed by atoms with van der Waals surface area (Å²) >= 11 is 0. The Balaban J connectivity index is 4.46. The van der Waals surface area contributed by atoms with E-state index in [1.165, 1.54) is 6.92 Å². The summed E-state index contributed by atoms with van der Waals surface area (Å²) in [6.45, 7) is 2.48. The fourth-order valence-electron chi connectivity index (χ4n) is 1.48. The van der Waals surface area contributed by atoms with Gasteiger partial charge < -0.3 is 14.6 Å². The molecule has 0 rings (SSSR count). The van der Waals surface area contributed by atoms with E-state index in [1.807, 2.05) is 0 Å². The Morgan fingerprint density at radius 2 is 1.84 bits per heavy atom. The van der Waals surface area contributed by atoms with Gasteiger partial charge in [0.15, 0.2) is 0 Å². The third-order valence-corrected chi connectivity index (χ3v) is 2.32. The van der Waals surface area contributed by atoms with Crippen LogP contribution in [0.2, 0.25) is 0 Å². The first-order chi connectivity index (χ1) is 8.85. The number of carbonyl (C=O) groups is 2. The fraction of sp³-hybridized carbons (Fsp3) is 0.818. The first-order valence-corrected chi connectivity index (χ1v) is 6.02. The maximum absolute atomic E-state index is 11.5. The number of carbonyl (C=O) groups excluding carboxylic acids is 2. The van der Waals surface area contributed by atoms with Crippen LogP contribution in [-0.2, 0) is 19.1 Å². The number of hydrogen-bond acceptors (Lipinski definition) is 7. The van der Waals surface area contributed by atoms with Crippen molar-refractivity contribution in [3.63, 3.8) is 0 Å². The van der Waals surface area contributed by atoms with Crippen LogP contribution in [-0.4, -0.2) is 47.3 Å². The van der Waals surface area contributed by atoms with Crippen LogP contribution in [0.15, 0.2) is 0 Å². The monoisotopic (exact) mass is 277 g/mol. The van der Waals surface area contributed by atoms with Crippen LogP contribution in [0, 0.1) is 10.1 Å². The number of nitrogens with zero attached hydrogens (tertiary/aromatic N) is 1. The molecule has 19 heavy (non-hydrogen) atoms. The predicted octanol–water partition coefficient (Wildman–Crippen LogP) is 0.291. The summed E-state index contributed by atoms with van der Waals surface area (Å²) in [4.78, 5) is 32.3. The Kier molecular flexibility index (Phi) is 7.66. The molecule has 0 spiro atoms. The Hall–Kier alpha value is -1.70. The van der Waals surface area contributed by atoms with E-state index in [4.69, 9.17) is 0 Å². The van der Waals surface area contributed by atoms with E-state index >= 15 is 0 Å². The van der Waals surface area contributed by atoms with Gasteiger partial charge in [-0.2, -0.15) is 0 Å². The zero-order valence-corrected chi connectivity index (χ0v) is 11.1. The van der Waals surface area contributed by atoms with Crippen molar-refractivity contribution < 1.29 is 29.1 Å². The molecule has 0 aromatic rings. The Morgan fingerprint density at radius 3 is 2.32 bits per heavy atom. The molecule has 0 aliphatic carbocycles. The van der Waals surface area contributed by atoms with Crippen LogP contribution in [0.5, 0.6) is 0 Å². The molecule has 1 atom stereocenters. The molecule has 0 aliphatic rings. The minimum absolute atomic E-state index is 0.0106. The standard InChI is InChI=1S/C11H19NO7/c1-3-18-9(13)6-5-7-11(15,8-12(16)17)10(14)19-4-2/h15H,3-8H2,1-2H3/t11-/m1/s1. The summed E-state index contributed by atoms with van der Waals surface area (Å²) in [6.07, 6.45) is -0.152. The highest BCUT2D eigenvalue weighted by Crippen LogP contribution is 2.17.